The molecule has 0 unspecified atom stereocenters. The Morgan fingerprint density at radius 3 is 2.29 bits per heavy atom. The van der Waals surface area contributed by atoms with Crippen molar-refractivity contribution in [1.29, 1.82) is 5.26 Å². The highest BCUT2D eigenvalue weighted by atomic mass is 32.2. The molecule has 0 atom stereocenters. The van der Waals surface area contributed by atoms with Gasteiger partial charge in [-0.15, -0.1) is 10.2 Å². The Kier molecular flexibility index (Phi) is 8.60. The first-order valence-corrected chi connectivity index (χ1v) is 16.1. The number of azo groups is 1. The molecule has 0 saturated carbocycles. The maximum Gasteiger partial charge on any atom is 0.261 e. The predicted molar refractivity (Wildman–Crippen MR) is 160 cm³/mol. The highest BCUT2D eigenvalue weighted by molar-refractivity contribution is 7.92. The minimum absolute atomic E-state index is 0.0203. The van der Waals surface area contributed by atoms with Crippen molar-refractivity contribution in [2.75, 3.05) is 16.3 Å². The van der Waals surface area contributed by atoms with Crippen molar-refractivity contribution >= 4 is 59.3 Å². The highest BCUT2D eigenvalue weighted by Crippen LogP contribution is 2.44. The van der Waals surface area contributed by atoms with Gasteiger partial charge in [0.1, 0.15) is 17.5 Å². The van der Waals surface area contributed by atoms with Gasteiger partial charge in [0.05, 0.1) is 32.4 Å². The van der Waals surface area contributed by atoms with Crippen molar-refractivity contribution in [3.63, 3.8) is 0 Å². The number of fused-ring (bicyclic) bond motifs is 1. The number of sulfone groups is 1. The van der Waals surface area contributed by atoms with E-state index in [1.165, 1.54) is 48.5 Å². The zero-order chi connectivity index (χ0) is 30.7. The van der Waals surface area contributed by atoms with Crippen molar-refractivity contribution in [2.45, 2.75) is 36.5 Å². The van der Waals surface area contributed by atoms with E-state index in [0.29, 0.717) is 6.42 Å². The fourth-order valence-corrected chi connectivity index (χ4v) is 5.90. The maximum atomic E-state index is 13.4. The lowest BCUT2D eigenvalue weighted by molar-refractivity contribution is -0.115. The largest absolute Gasteiger partial charge is 0.505 e. The van der Waals surface area contributed by atoms with Crippen LogP contribution >= 0.6 is 0 Å². The molecule has 0 aromatic heterocycles. The number of carbonyl (C=O) groups is 1. The molecule has 0 aliphatic rings. The Labute approximate surface area is 243 Å². The predicted octanol–water partition coefficient (Wildman–Crippen LogP) is 5.95. The number of phenols is 1. The van der Waals surface area contributed by atoms with E-state index in [2.05, 4.69) is 20.3 Å². The van der Waals surface area contributed by atoms with E-state index in [9.17, 15) is 32.0 Å². The number of nitriles is 1. The van der Waals surface area contributed by atoms with Crippen LogP contribution in [0.15, 0.2) is 86.7 Å². The lowest BCUT2D eigenvalue weighted by Gasteiger charge is -2.16. The van der Waals surface area contributed by atoms with Crippen LogP contribution in [0.2, 0.25) is 0 Å². The Bertz CT molecular complexity index is 2000. The zero-order valence-corrected chi connectivity index (χ0v) is 24.5. The Morgan fingerprint density at radius 1 is 0.905 bits per heavy atom. The minimum Gasteiger partial charge on any atom is -0.505 e. The van der Waals surface area contributed by atoms with Crippen molar-refractivity contribution in [2.24, 2.45) is 10.2 Å². The van der Waals surface area contributed by atoms with Crippen molar-refractivity contribution in [3.8, 4) is 11.8 Å². The molecule has 4 rings (SSSR count). The number of hydrogen-bond acceptors (Lipinski definition) is 9. The molecule has 0 saturated heterocycles. The molecule has 0 bridgehead atoms. The number of aryl methyl sites for hydroxylation is 1. The van der Waals surface area contributed by atoms with Crippen LogP contribution in [0.25, 0.3) is 10.8 Å². The van der Waals surface area contributed by atoms with Gasteiger partial charge in [-0.3, -0.25) is 9.52 Å². The van der Waals surface area contributed by atoms with Crippen LogP contribution in [0.1, 0.15) is 31.4 Å². The molecule has 4 aromatic rings. The third kappa shape index (κ3) is 6.40. The molecule has 0 fully saturated rings. The van der Waals surface area contributed by atoms with Crippen LogP contribution in [-0.2, 0) is 31.1 Å². The number of phenolic OH excluding ortho intramolecular Hbond substituents is 1. The molecule has 42 heavy (non-hydrogen) atoms. The summed E-state index contributed by atoms with van der Waals surface area (Å²) in [5.41, 5.74) is 0.993. The molecule has 4 aromatic carbocycles. The lowest BCUT2D eigenvalue weighted by Crippen LogP contribution is -2.13. The number of rotatable bonds is 9. The second-order valence-electron chi connectivity index (χ2n) is 9.29. The molecule has 11 nitrogen and oxygen atoms in total. The first-order valence-electron chi connectivity index (χ1n) is 12.7. The van der Waals surface area contributed by atoms with E-state index >= 15 is 0 Å². The van der Waals surface area contributed by atoms with Crippen molar-refractivity contribution in [1.82, 2.24) is 0 Å². The van der Waals surface area contributed by atoms with Gasteiger partial charge >= 0.3 is 0 Å². The first kappa shape index (κ1) is 30.2. The van der Waals surface area contributed by atoms with Crippen LogP contribution in [0.3, 0.4) is 0 Å². The lowest BCUT2D eigenvalue weighted by atomic mass is 10.0. The molecule has 0 aliphatic carbocycles. The summed E-state index contributed by atoms with van der Waals surface area (Å²) >= 11 is 0. The number of nitrogens with zero attached hydrogens (tertiary/aromatic N) is 3. The van der Waals surface area contributed by atoms with Gasteiger partial charge in [-0.25, -0.2) is 16.8 Å². The van der Waals surface area contributed by atoms with E-state index in [0.717, 1.165) is 11.8 Å². The zero-order valence-electron chi connectivity index (χ0n) is 22.9. The Balaban J connectivity index is 1.91. The van der Waals surface area contributed by atoms with Gasteiger partial charge in [-0.05, 0) is 54.4 Å². The molecule has 0 radical (unpaired) electrons. The summed E-state index contributed by atoms with van der Waals surface area (Å²) < 4.78 is 53.2. The van der Waals surface area contributed by atoms with E-state index < -0.39 is 19.9 Å². The number of benzene rings is 4. The van der Waals surface area contributed by atoms with Crippen LogP contribution in [0.4, 0.5) is 22.7 Å². The fraction of sp³-hybridized carbons (Fsp3) is 0.172. The van der Waals surface area contributed by atoms with Gasteiger partial charge in [0.2, 0.25) is 5.91 Å². The van der Waals surface area contributed by atoms with Gasteiger partial charge in [0, 0.05) is 23.4 Å². The fourth-order valence-electron chi connectivity index (χ4n) is 4.11. The number of amides is 1. The summed E-state index contributed by atoms with van der Waals surface area (Å²) in [5.74, 6) is -0.696. The summed E-state index contributed by atoms with van der Waals surface area (Å²) in [6.45, 7) is 3.54. The van der Waals surface area contributed by atoms with E-state index in [1.54, 1.807) is 19.1 Å². The van der Waals surface area contributed by atoms with E-state index in [1.807, 2.05) is 19.1 Å². The van der Waals surface area contributed by atoms with Gasteiger partial charge in [0.25, 0.3) is 10.0 Å². The molecule has 216 valence electrons. The van der Waals surface area contributed by atoms with Gasteiger partial charge < -0.3 is 10.4 Å². The summed E-state index contributed by atoms with van der Waals surface area (Å²) in [5, 5.41) is 32.0. The van der Waals surface area contributed by atoms with Crippen molar-refractivity contribution < 1.29 is 26.7 Å². The monoisotopic (exact) mass is 605 g/mol. The van der Waals surface area contributed by atoms with Crippen molar-refractivity contribution in [3.05, 3.63) is 77.9 Å². The average Bonchev–Trinajstić information content (AvgIpc) is 2.97. The molecular formula is C29H27N5O6S2. The molecule has 13 heteroatoms. The standard InChI is InChI=1S/C29H27N5O6S2/c1-4-18-8-6-9-21(14-18)42(39,40)34-24-11-7-10-22-28(24)25(16-26(29(22)36)31-27(35)5-2)33-32-23-13-12-20(41(3,37)38)15-19(23)17-30/h6-16,34,36H,4-5H2,1-3H3,(H,31,35). The molecule has 0 spiro atoms. The molecule has 0 heterocycles. The maximum absolute atomic E-state index is 13.4. The number of aromatic hydroxyl groups is 1. The Hall–Kier alpha value is -4.80. The van der Waals surface area contributed by atoms with Crippen LogP contribution in [0.5, 0.6) is 5.75 Å². The second-order valence-corrected chi connectivity index (χ2v) is 13.0. The third-order valence-corrected chi connectivity index (χ3v) is 8.82. The first-order chi connectivity index (χ1) is 19.9. The molecular weight excluding hydrogens is 578 g/mol. The summed E-state index contributed by atoms with van der Waals surface area (Å²) in [4.78, 5) is 12.1. The SMILES string of the molecule is CCC(=O)Nc1cc(N=Nc2ccc(S(C)(=O)=O)cc2C#N)c2c(NS(=O)(=O)c3cccc(CC)c3)cccc2c1O. The Morgan fingerprint density at radius 2 is 1.62 bits per heavy atom. The van der Waals surface area contributed by atoms with Crippen LogP contribution in [0, 0.1) is 11.3 Å². The number of carbonyl (C=O) groups excluding carboxylic acids is 1. The highest BCUT2D eigenvalue weighted by Gasteiger charge is 2.21. The topological polar surface area (TPSA) is 178 Å². The van der Waals surface area contributed by atoms with Gasteiger partial charge in [0.15, 0.2) is 9.84 Å². The average molecular weight is 606 g/mol. The second kappa shape index (κ2) is 12.0. The smallest absolute Gasteiger partial charge is 0.261 e. The summed E-state index contributed by atoms with van der Waals surface area (Å²) in [6.07, 6.45) is 1.78. The number of hydrogen-bond donors (Lipinski definition) is 3. The quantitative estimate of drug-likeness (QED) is 0.156. The minimum atomic E-state index is -4.07. The number of anilines is 2. The van der Waals surface area contributed by atoms with Gasteiger partial charge in [-0.2, -0.15) is 5.26 Å². The number of nitrogens with one attached hydrogen (secondary N) is 2. The summed E-state index contributed by atoms with van der Waals surface area (Å²) in [6, 6.07) is 18.1. The van der Waals surface area contributed by atoms with Crippen LogP contribution in [-0.4, -0.2) is 34.1 Å². The van der Waals surface area contributed by atoms with Gasteiger partial charge in [-0.1, -0.05) is 38.1 Å². The van der Waals surface area contributed by atoms with E-state index in [4.69, 9.17) is 0 Å². The third-order valence-electron chi connectivity index (χ3n) is 6.35. The number of sulfonamides is 1. The molecule has 1 amide bonds. The molecule has 3 N–H and O–H groups in total. The van der Waals surface area contributed by atoms with Crippen LogP contribution < -0.4 is 10.0 Å². The normalized spacial score (nSPS) is 11.9. The summed E-state index contributed by atoms with van der Waals surface area (Å²) in [7, 11) is -7.65. The molecule has 0 aliphatic heterocycles. The van der Waals surface area contributed by atoms with E-state index in [-0.39, 0.29) is 67.0 Å².